The standard InChI is InChI=1S/C14H22N4S/c1-10(2)14-12(8-18(4)17-14)7-15-6-5-13-16-11(3)9-19-13/h8-10,15H,5-7H2,1-4H3. The lowest BCUT2D eigenvalue weighted by Crippen LogP contribution is -2.17. The lowest BCUT2D eigenvalue weighted by molar-refractivity contribution is 0.672. The summed E-state index contributed by atoms with van der Waals surface area (Å²) in [5.41, 5.74) is 3.61. The first kappa shape index (κ1) is 14.2. The first-order valence-corrected chi connectivity index (χ1v) is 7.58. The molecule has 19 heavy (non-hydrogen) atoms. The van der Waals surface area contributed by atoms with Gasteiger partial charge in [-0.15, -0.1) is 11.3 Å². The predicted octanol–water partition coefficient (Wildman–Crippen LogP) is 2.64. The van der Waals surface area contributed by atoms with Crippen molar-refractivity contribution in [3.63, 3.8) is 0 Å². The molecule has 0 aliphatic rings. The van der Waals surface area contributed by atoms with Gasteiger partial charge in [0, 0.05) is 49.4 Å². The molecular weight excluding hydrogens is 256 g/mol. The maximum absolute atomic E-state index is 4.52. The van der Waals surface area contributed by atoms with Gasteiger partial charge >= 0.3 is 0 Å². The lowest BCUT2D eigenvalue weighted by atomic mass is 10.1. The highest BCUT2D eigenvalue weighted by atomic mass is 32.1. The number of thiazole rings is 1. The second kappa shape index (κ2) is 6.30. The number of aromatic nitrogens is 3. The largest absolute Gasteiger partial charge is 0.312 e. The van der Waals surface area contributed by atoms with Crippen LogP contribution in [-0.2, 0) is 20.0 Å². The van der Waals surface area contributed by atoms with Gasteiger partial charge < -0.3 is 5.32 Å². The smallest absolute Gasteiger partial charge is 0.0940 e. The molecule has 5 heteroatoms. The van der Waals surface area contributed by atoms with Crippen molar-refractivity contribution in [1.29, 1.82) is 0 Å². The molecule has 2 aromatic heterocycles. The molecule has 4 nitrogen and oxygen atoms in total. The number of hydrogen-bond donors (Lipinski definition) is 1. The van der Waals surface area contributed by atoms with Gasteiger partial charge in [0.1, 0.15) is 0 Å². The summed E-state index contributed by atoms with van der Waals surface area (Å²) in [6, 6.07) is 0. The van der Waals surface area contributed by atoms with E-state index in [4.69, 9.17) is 0 Å². The summed E-state index contributed by atoms with van der Waals surface area (Å²) < 4.78 is 1.90. The molecule has 0 saturated heterocycles. The fraction of sp³-hybridized carbons (Fsp3) is 0.571. The molecule has 0 unspecified atom stereocenters. The van der Waals surface area contributed by atoms with Crippen molar-refractivity contribution in [2.75, 3.05) is 6.54 Å². The van der Waals surface area contributed by atoms with E-state index in [-0.39, 0.29) is 0 Å². The number of aryl methyl sites for hydroxylation is 2. The molecule has 2 aromatic rings. The first-order valence-electron chi connectivity index (χ1n) is 6.70. The predicted molar refractivity (Wildman–Crippen MR) is 79.6 cm³/mol. The van der Waals surface area contributed by atoms with Crippen LogP contribution in [0.15, 0.2) is 11.6 Å². The molecule has 0 bridgehead atoms. The number of nitrogens with one attached hydrogen (secondary N) is 1. The normalized spacial score (nSPS) is 11.4. The van der Waals surface area contributed by atoms with Gasteiger partial charge in [-0.05, 0) is 12.8 Å². The molecule has 2 heterocycles. The number of nitrogens with zero attached hydrogens (tertiary/aromatic N) is 3. The van der Waals surface area contributed by atoms with E-state index in [1.807, 2.05) is 18.7 Å². The van der Waals surface area contributed by atoms with Crippen molar-refractivity contribution in [2.24, 2.45) is 7.05 Å². The van der Waals surface area contributed by atoms with Crippen molar-refractivity contribution in [2.45, 2.75) is 39.7 Å². The van der Waals surface area contributed by atoms with Gasteiger partial charge in [0.2, 0.25) is 0 Å². The van der Waals surface area contributed by atoms with Crippen LogP contribution in [0.4, 0.5) is 0 Å². The summed E-state index contributed by atoms with van der Waals surface area (Å²) in [5, 5.41) is 11.3. The highest BCUT2D eigenvalue weighted by Crippen LogP contribution is 2.17. The Morgan fingerprint density at radius 1 is 1.42 bits per heavy atom. The van der Waals surface area contributed by atoms with Crippen LogP contribution in [0, 0.1) is 6.92 Å². The van der Waals surface area contributed by atoms with Gasteiger partial charge in [0.05, 0.1) is 10.7 Å². The molecular formula is C14H22N4S. The molecule has 0 aromatic carbocycles. The zero-order valence-electron chi connectivity index (χ0n) is 12.1. The summed E-state index contributed by atoms with van der Waals surface area (Å²) in [6.07, 6.45) is 3.10. The SMILES string of the molecule is Cc1csc(CCNCc2cn(C)nc2C(C)C)n1. The third-order valence-corrected chi connectivity index (χ3v) is 4.01. The average molecular weight is 278 g/mol. The minimum atomic E-state index is 0.472. The van der Waals surface area contributed by atoms with Gasteiger partial charge in [-0.25, -0.2) is 4.98 Å². The van der Waals surface area contributed by atoms with E-state index in [1.54, 1.807) is 11.3 Å². The molecule has 2 rings (SSSR count). The molecule has 0 spiro atoms. The van der Waals surface area contributed by atoms with E-state index >= 15 is 0 Å². The van der Waals surface area contributed by atoms with Crippen molar-refractivity contribution >= 4 is 11.3 Å². The van der Waals surface area contributed by atoms with Gasteiger partial charge in [-0.3, -0.25) is 4.68 Å². The van der Waals surface area contributed by atoms with Crippen molar-refractivity contribution in [3.8, 4) is 0 Å². The van der Waals surface area contributed by atoms with Crippen LogP contribution in [0.2, 0.25) is 0 Å². The Balaban J connectivity index is 1.82. The molecule has 1 N–H and O–H groups in total. The molecule has 0 aliphatic heterocycles. The second-order valence-corrected chi connectivity index (χ2v) is 6.12. The molecule has 0 radical (unpaired) electrons. The zero-order valence-corrected chi connectivity index (χ0v) is 12.9. The Morgan fingerprint density at radius 2 is 2.21 bits per heavy atom. The van der Waals surface area contributed by atoms with Crippen LogP contribution in [0.25, 0.3) is 0 Å². The summed E-state index contributed by atoms with van der Waals surface area (Å²) in [4.78, 5) is 4.47. The summed E-state index contributed by atoms with van der Waals surface area (Å²) in [6.45, 7) is 8.25. The van der Waals surface area contributed by atoms with E-state index in [0.29, 0.717) is 5.92 Å². The Morgan fingerprint density at radius 3 is 2.84 bits per heavy atom. The van der Waals surface area contributed by atoms with Crippen LogP contribution < -0.4 is 5.32 Å². The van der Waals surface area contributed by atoms with Gasteiger partial charge in [0.15, 0.2) is 0 Å². The van der Waals surface area contributed by atoms with E-state index in [2.05, 4.69) is 40.8 Å². The highest BCUT2D eigenvalue weighted by Gasteiger charge is 2.10. The highest BCUT2D eigenvalue weighted by molar-refractivity contribution is 7.09. The molecule has 0 saturated carbocycles. The molecule has 0 fully saturated rings. The van der Waals surface area contributed by atoms with E-state index in [0.717, 1.165) is 25.2 Å². The zero-order chi connectivity index (χ0) is 13.8. The summed E-state index contributed by atoms with van der Waals surface area (Å²) in [7, 11) is 1.98. The van der Waals surface area contributed by atoms with E-state index in [1.165, 1.54) is 16.3 Å². The summed E-state index contributed by atoms with van der Waals surface area (Å²) in [5.74, 6) is 0.472. The quantitative estimate of drug-likeness (QED) is 0.826. The van der Waals surface area contributed by atoms with Crippen molar-refractivity contribution in [1.82, 2.24) is 20.1 Å². The van der Waals surface area contributed by atoms with Gasteiger partial charge in [-0.1, -0.05) is 13.8 Å². The topological polar surface area (TPSA) is 42.7 Å². The van der Waals surface area contributed by atoms with Crippen LogP contribution in [0.3, 0.4) is 0 Å². The van der Waals surface area contributed by atoms with Crippen molar-refractivity contribution < 1.29 is 0 Å². The fourth-order valence-electron chi connectivity index (χ4n) is 2.11. The Labute approximate surface area is 118 Å². The second-order valence-electron chi connectivity index (χ2n) is 5.18. The van der Waals surface area contributed by atoms with E-state index in [9.17, 15) is 0 Å². The van der Waals surface area contributed by atoms with Gasteiger partial charge in [0.25, 0.3) is 0 Å². The van der Waals surface area contributed by atoms with Crippen molar-refractivity contribution in [3.05, 3.63) is 33.5 Å². The lowest BCUT2D eigenvalue weighted by Gasteiger charge is -2.06. The first-order chi connectivity index (χ1) is 9.06. The van der Waals surface area contributed by atoms with Crippen LogP contribution >= 0.6 is 11.3 Å². The maximum Gasteiger partial charge on any atom is 0.0940 e. The maximum atomic E-state index is 4.52. The average Bonchev–Trinajstić information content (AvgIpc) is 2.91. The number of hydrogen-bond acceptors (Lipinski definition) is 4. The van der Waals surface area contributed by atoms with Gasteiger partial charge in [-0.2, -0.15) is 5.10 Å². The minimum Gasteiger partial charge on any atom is -0.312 e. The number of rotatable bonds is 6. The molecule has 104 valence electrons. The van der Waals surface area contributed by atoms with Crippen LogP contribution in [0.1, 0.15) is 41.7 Å². The Bertz CT molecular complexity index is 527. The molecule has 0 atom stereocenters. The molecule has 0 amide bonds. The summed E-state index contributed by atoms with van der Waals surface area (Å²) >= 11 is 1.74. The van der Waals surface area contributed by atoms with Crippen LogP contribution in [0.5, 0.6) is 0 Å². The Hall–Kier alpha value is -1.20. The third kappa shape index (κ3) is 3.88. The molecule has 0 aliphatic carbocycles. The third-order valence-electron chi connectivity index (χ3n) is 2.98. The van der Waals surface area contributed by atoms with E-state index < -0.39 is 0 Å². The fourth-order valence-corrected chi connectivity index (χ4v) is 2.89. The minimum absolute atomic E-state index is 0.472. The monoisotopic (exact) mass is 278 g/mol. The Kier molecular flexibility index (Phi) is 4.71. The van der Waals surface area contributed by atoms with Crippen LogP contribution in [-0.4, -0.2) is 21.3 Å².